The first-order valence-corrected chi connectivity index (χ1v) is 43.7. The molecule has 10 bridgehead atoms. The molecule has 0 aromatic carbocycles. The fraction of sp³-hybridized carbons (Fsp3) is 0.739. The predicted octanol–water partition coefficient (Wildman–Crippen LogP) is -1.55. The molecule has 15 rings (SSSR count). The molecule has 0 amide bonds. The van der Waals surface area contributed by atoms with Crippen molar-refractivity contribution in [2.45, 2.75) is 227 Å². The fourth-order valence-corrected chi connectivity index (χ4v) is 26.0. The van der Waals surface area contributed by atoms with Crippen LogP contribution in [0.1, 0.15) is 81.1 Å². The third-order valence-corrected chi connectivity index (χ3v) is 31.3. The Bertz CT molecular complexity index is 4440. The Kier molecular flexibility index (Phi) is 26.4. The molecule has 26 unspecified atom stereocenters. The molecule has 0 radical (unpaired) electrons. The molecule has 0 aliphatic carbocycles. The molecule has 0 saturated carbocycles. The zero-order valence-electron chi connectivity index (χ0n) is 63.7. The minimum atomic E-state index is -3.67. The van der Waals surface area contributed by atoms with E-state index in [1.165, 1.54) is 0 Å². The second-order valence-corrected chi connectivity index (χ2v) is 38.7. The van der Waals surface area contributed by atoms with E-state index in [1.54, 1.807) is 48.5 Å². The summed E-state index contributed by atoms with van der Waals surface area (Å²) in [5.74, 6) is -5.02. The standard InChI is InChI=1S/C15H22O7S.2C14H18O9S.C13H16O9S.C13H18O7S/c1-9(2)12(16)19-6-7-20-15(5)13(3)8-10-11(21-13)14(15,4)22-23(10,17)18;1-3-10(15)19-4-5-20-11(16)7-21-12-8-6-9-13(22-8)14(12,2)23-24(9,17)18;1-3-8(15)19-4-5-20-9(16)6-21-11-10-7(2)14-13(22-10)12(11)23-24(14,17)18;1-2-9(14)18-3-4-19-10(15)6-20-11-7-5-8-12(21-7)13(11)22-23(8,16)17;1-7(2)12(14)17-4-5-18-13(3)9-6-8-10(19-9)11(13)20-21(8,15)16/h10-11H,1,6-8H2,2-5H3;3,8-9,12-13H,1,4-7H2,2H3;3,7,10-14H,1,4-6H2,2H3;2,7-8,11-13H,1,3-6H2;8-11H,1,4-6H2,2-3H3. The summed E-state index contributed by atoms with van der Waals surface area (Å²) in [6, 6.07) is 0. The molecular weight excluding hydrogens is 1650 g/mol. The van der Waals surface area contributed by atoms with Crippen molar-refractivity contribution in [1.29, 1.82) is 0 Å². The van der Waals surface area contributed by atoms with Crippen LogP contribution in [0.25, 0.3) is 0 Å². The summed E-state index contributed by atoms with van der Waals surface area (Å²) in [7, 11) is -18.2. The predicted molar refractivity (Wildman–Crippen MR) is 379 cm³/mol. The molecule has 115 heavy (non-hydrogen) atoms. The summed E-state index contributed by atoms with van der Waals surface area (Å²) < 4.78 is 240. The molecule has 15 fully saturated rings. The normalized spacial score (nSPS) is 40.0. The third-order valence-electron chi connectivity index (χ3n) is 22.6. The van der Waals surface area contributed by atoms with Gasteiger partial charge in [0.05, 0.1) is 43.2 Å². The molecule has 15 heterocycles. The highest BCUT2D eigenvalue weighted by Gasteiger charge is 2.83. The minimum absolute atomic E-state index is 0.0499. The Labute approximate surface area is 662 Å². The second-order valence-electron chi connectivity index (χ2n) is 29.9. The Morgan fingerprint density at radius 2 is 0.904 bits per heavy atom. The van der Waals surface area contributed by atoms with E-state index in [0.717, 1.165) is 18.2 Å². The lowest BCUT2D eigenvalue weighted by molar-refractivity contribution is -0.183. The van der Waals surface area contributed by atoms with Crippen molar-refractivity contribution < 1.29 is 187 Å². The van der Waals surface area contributed by atoms with Crippen LogP contribution >= 0.6 is 0 Å². The zero-order chi connectivity index (χ0) is 84.3. The van der Waals surface area contributed by atoms with E-state index in [-0.39, 0.29) is 97.9 Å². The van der Waals surface area contributed by atoms with Crippen LogP contribution in [-0.4, -0.2) is 322 Å². The Hall–Kier alpha value is -6.39. The lowest BCUT2D eigenvalue weighted by Crippen LogP contribution is -2.63. The van der Waals surface area contributed by atoms with E-state index in [0.29, 0.717) is 36.8 Å². The van der Waals surface area contributed by atoms with Crippen LogP contribution in [0.5, 0.6) is 0 Å². The quantitative estimate of drug-likeness (QED) is 0.0249. The van der Waals surface area contributed by atoms with Crippen LogP contribution in [0.4, 0.5) is 0 Å². The van der Waals surface area contributed by atoms with E-state index in [2.05, 4.69) is 47.1 Å². The van der Waals surface area contributed by atoms with Gasteiger partial charge in [-0.05, 0) is 67.7 Å². The Balaban J connectivity index is 0.000000142. The van der Waals surface area contributed by atoms with E-state index in [4.69, 9.17) is 92.0 Å². The maximum Gasteiger partial charge on any atom is 0.333 e. The molecule has 644 valence electrons. The summed E-state index contributed by atoms with van der Waals surface area (Å²) in [4.78, 5) is 89.8. The first-order valence-electron chi connectivity index (χ1n) is 36.3. The van der Waals surface area contributed by atoms with Crippen molar-refractivity contribution >= 4 is 98.3 Å². The average molecular weight is 1740 g/mol. The molecule has 0 spiro atoms. The Morgan fingerprint density at radius 1 is 0.435 bits per heavy atom. The van der Waals surface area contributed by atoms with Crippen molar-refractivity contribution in [3.05, 3.63) is 62.3 Å². The monoisotopic (exact) mass is 1740 g/mol. The van der Waals surface area contributed by atoms with Gasteiger partial charge in [-0.15, -0.1) is 0 Å². The van der Waals surface area contributed by atoms with E-state index >= 15 is 0 Å². The Morgan fingerprint density at radius 3 is 1.45 bits per heavy atom. The number of carbonyl (C=O) groups excluding carboxylic acids is 8. The first-order chi connectivity index (χ1) is 53.8. The SMILES string of the molecule is C=C(C)C(=O)OCCOC1(C)C2(C)CC3C(O2)C1(C)OS3(=O)=O.C=C(C)C(=O)OCCOC1(C)C2CC3C(O2)C1OS3(=O)=O.C=CC(=O)OCCOC(=O)COC1C2CC3C(O2)C1(C)OS3(=O)=O.C=CC(=O)OCCOC(=O)COC1C2CC3C(O2)C1OS3(=O)=O.C=CC(=O)OCCOC(=O)COC1C2OC3C1OS(=O)(=O)C3C2C. The van der Waals surface area contributed by atoms with E-state index in [1.807, 2.05) is 6.92 Å². The van der Waals surface area contributed by atoms with Gasteiger partial charge in [-0.25, -0.2) is 38.4 Å². The maximum absolute atomic E-state index is 12.2. The molecule has 26 atom stereocenters. The number of esters is 8. The first kappa shape index (κ1) is 89.4. The number of ether oxygens (including phenoxy) is 18. The molecule has 15 saturated heterocycles. The van der Waals surface area contributed by atoms with Gasteiger partial charge in [-0.3, -0.25) is 20.9 Å². The highest BCUT2D eigenvalue weighted by molar-refractivity contribution is 7.88. The lowest BCUT2D eigenvalue weighted by atomic mass is 9.67. The van der Waals surface area contributed by atoms with E-state index < -0.39 is 238 Å². The third kappa shape index (κ3) is 17.4. The largest absolute Gasteiger partial charge is 0.460 e. The molecule has 0 aromatic heterocycles. The fourth-order valence-electron chi connectivity index (χ4n) is 16.9. The number of fused-ring (bicyclic) bond motifs is 5. The number of rotatable bonds is 31. The summed E-state index contributed by atoms with van der Waals surface area (Å²) in [6.07, 6.45) is -3.84. The van der Waals surface area contributed by atoms with Crippen LogP contribution in [-0.2, 0) is 195 Å². The average Bonchev–Trinajstić information content (AvgIpc) is 1.48. The molecule has 15 aliphatic rings. The molecule has 46 heteroatoms. The van der Waals surface area contributed by atoms with Crippen molar-refractivity contribution in [1.82, 2.24) is 0 Å². The highest BCUT2D eigenvalue weighted by Crippen LogP contribution is 2.65. The molecule has 0 aromatic rings. The van der Waals surface area contributed by atoms with Crippen LogP contribution in [0, 0.1) is 5.92 Å². The van der Waals surface area contributed by atoms with Gasteiger partial charge in [0.25, 0.3) is 50.6 Å². The van der Waals surface area contributed by atoms with Crippen molar-refractivity contribution in [2.24, 2.45) is 5.92 Å². The van der Waals surface area contributed by atoms with Crippen molar-refractivity contribution in [3.8, 4) is 0 Å². The summed E-state index contributed by atoms with van der Waals surface area (Å²) in [5, 5.41) is -3.19. The van der Waals surface area contributed by atoms with Gasteiger partial charge in [0.1, 0.15) is 188 Å². The summed E-state index contributed by atoms with van der Waals surface area (Å²) in [5.41, 5.74) is -4.13. The zero-order valence-corrected chi connectivity index (χ0v) is 67.8. The lowest BCUT2D eigenvalue weighted by Gasteiger charge is -2.45. The van der Waals surface area contributed by atoms with E-state index in [9.17, 15) is 80.4 Å². The number of carbonyl (C=O) groups is 8. The molecule has 0 N–H and O–H groups in total. The maximum atomic E-state index is 12.2. The van der Waals surface area contributed by atoms with Gasteiger partial charge in [0, 0.05) is 41.7 Å². The van der Waals surface area contributed by atoms with Crippen molar-refractivity contribution in [2.75, 3.05) is 85.9 Å². The smallest absolute Gasteiger partial charge is 0.333 e. The van der Waals surface area contributed by atoms with Crippen LogP contribution in [0.15, 0.2) is 62.3 Å². The van der Waals surface area contributed by atoms with Crippen LogP contribution < -0.4 is 0 Å². The highest BCUT2D eigenvalue weighted by atomic mass is 32.2. The van der Waals surface area contributed by atoms with Gasteiger partial charge in [0.2, 0.25) is 0 Å². The topological polar surface area (TPSA) is 520 Å². The van der Waals surface area contributed by atoms with Gasteiger partial charge < -0.3 is 85.3 Å². The molecular formula is C69H92O41S5. The van der Waals surface area contributed by atoms with Gasteiger partial charge in [-0.2, -0.15) is 42.1 Å². The summed E-state index contributed by atoms with van der Waals surface area (Å²) in [6.45, 7) is 29.0. The van der Waals surface area contributed by atoms with Crippen molar-refractivity contribution in [3.63, 3.8) is 0 Å². The number of hydrogen-bond acceptors (Lipinski definition) is 41. The van der Waals surface area contributed by atoms with Crippen LogP contribution in [0.2, 0.25) is 0 Å². The second kappa shape index (κ2) is 34.0. The van der Waals surface area contributed by atoms with Gasteiger partial charge in [-0.1, -0.05) is 39.8 Å². The summed E-state index contributed by atoms with van der Waals surface area (Å²) >= 11 is 0. The molecule has 41 nitrogen and oxygen atoms in total. The number of hydrogen-bond donors (Lipinski definition) is 0. The van der Waals surface area contributed by atoms with Crippen LogP contribution in [0.3, 0.4) is 0 Å². The minimum Gasteiger partial charge on any atom is -0.460 e. The van der Waals surface area contributed by atoms with Gasteiger partial charge in [0.15, 0.2) is 0 Å². The molecule has 15 aliphatic heterocycles. The van der Waals surface area contributed by atoms with Gasteiger partial charge >= 0.3 is 47.8 Å².